The van der Waals surface area contributed by atoms with Crippen LogP contribution in [0.3, 0.4) is 0 Å². The molecule has 0 aliphatic heterocycles. The maximum atomic E-state index is 15.0. The van der Waals surface area contributed by atoms with Crippen LogP contribution in [0.1, 0.15) is 25.1 Å². The van der Waals surface area contributed by atoms with Crippen molar-refractivity contribution in [2.75, 3.05) is 6.61 Å². The molecule has 10 heteroatoms. The lowest BCUT2D eigenvalue weighted by atomic mass is 10.2. The zero-order valence-electron chi connectivity index (χ0n) is 18.2. The Kier molecular flexibility index (Phi) is 5.70. The molecule has 2 atom stereocenters. The maximum absolute atomic E-state index is 15.0. The summed E-state index contributed by atoms with van der Waals surface area (Å²) < 4.78 is 33.4. The third-order valence-electron chi connectivity index (χ3n) is 4.95. The van der Waals surface area contributed by atoms with Gasteiger partial charge in [-0.15, -0.1) is 0 Å². The van der Waals surface area contributed by atoms with Crippen LogP contribution in [0.2, 0.25) is 0 Å². The van der Waals surface area contributed by atoms with E-state index in [1.807, 2.05) is 13.8 Å². The van der Waals surface area contributed by atoms with Crippen LogP contribution in [0.5, 0.6) is 17.4 Å². The maximum Gasteiger partial charge on any atom is 0.323 e. The van der Waals surface area contributed by atoms with Crippen LogP contribution >= 0.6 is 0 Å². The largest absolute Gasteiger partial charge is 0.488 e. The molecule has 9 nitrogen and oxygen atoms in total. The number of nitrogens with two attached hydrogens (primary N) is 1. The molecule has 0 aliphatic carbocycles. The number of aryl methyl sites for hydroxylation is 2. The fourth-order valence-electron chi connectivity index (χ4n) is 3.34. The smallest absolute Gasteiger partial charge is 0.323 e. The van der Waals surface area contributed by atoms with Gasteiger partial charge in [0.2, 0.25) is 5.88 Å². The summed E-state index contributed by atoms with van der Waals surface area (Å²) in [5.41, 5.74) is 8.29. The second kappa shape index (κ2) is 8.46. The molecule has 0 bridgehead atoms. The average molecular weight is 441 g/mol. The van der Waals surface area contributed by atoms with E-state index in [9.17, 15) is 9.18 Å². The molecule has 0 fully saturated rings. The van der Waals surface area contributed by atoms with Crippen LogP contribution in [0.25, 0.3) is 16.4 Å². The van der Waals surface area contributed by atoms with Crippen molar-refractivity contribution in [2.45, 2.75) is 39.8 Å². The van der Waals surface area contributed by atoms with E-state index < -0.39 is 23.9 Å². The molecule has 0 radical (unpaired) electrons. The number of nitrogens with one attached hydrogen (secondary N) is 1. The molecule has 32 heavy (non-hydrogen) atoms. The Morgan fingerprint density at radius 2 is 2.06 bits per heavy atom. The topological polar surface area (TPSA) is 117 Å². The predicted octanol–water partition coefficient (Wildman–Crippen LogP) is 3.42. The molecule has 168 valence electrons. The minimum absolute atomic E-state index is 0.0524. The summed E-state index contributed by atoms with van der Waals surface area (Å²) in [4.78, 5) is 18.9. The molecule has 0 amide bonds. The molecular weight excluding hydrogens is 417 g/mol. The Bertz CT molecular complexity index is 1300. The zero-order valence-corrected chi connectivity index (χ0v) is 18.2. The highest BCUT2D eigenvalue weighted by molar-refractivity contribution is 5.83. The summed E-state index contributed by atoms with van der Waals surface area (Å²) in [6.07, 6.45) is 2.48. The predicted molar refractivity (Wildman–Crippen MR) is 115 cm³/mol. The van der Waals surface area contributed by atoms with Crippen LogP contribution in [0.4, 0.5) is 4.39 Å². The highest BCUT2D eigenvalue weighted by atomic mass is 19.1. The fraction of sp³-hybridized carbons (Fsp3) is 0.318. The molecule has 0 saturated carbocycles. The van der Waals surface area contributed by atoms with Crippen LogP contribution in [0, 0.1) is 19.7 Å². The minimum atomic E-state index is -0.707. The number of rotatable bonds is 7. The summed E-state index contributed by atoms with van der Waals surface area (Å²) in [6, 6.07) is 4.32. The molecule has 0 saturated heterocycles. The third-order valence-corrected chi connectivity index (χ3v) is 4.95. The fourth-order valence-corrected chi connectivity index (χ4v) is 3.34. The second-order valence-electron chi connectivity index (χ2n) is 7.72. The summed E-state index contributed by atoms with van der Waals surface area (Å²) in [5.74, 6) is -0.228. The first-order chi connectivity index (χ1) is 15.2. The van der Waals surface area contributed by atoms with Crippen molar-refractivity contribution in [2.24, 2.45) is 5.73 Å². The number of nitrogens with zero attached hydrogens (tertiary/aromatic N) is 3. The van der Waals surface area contributed by atoms with Crippen molar-refractivity contribution in [1.29, 1.82) is 0 Å². The average Bonchev–Trinajstić information content (AvgIpc) is 3.29. The lowest BCUT2D eigenvalue weighted by molar-refractivity contribution is -0.150. The number of carbonyl (C=O) groups excluding carboxylic acids is 1. The van der Waals surface area contributed by atoms with Crippen LogP contribution in [0.15, 0.2) is 30.7 Å². The van der Waals surface area contributed by atoms with Gasteiger partial charge in [0, 0.05) is 22.2 Å². The van der Waals surface area contributed by atoms with Gasteiger partial charge in [-0.3, -0.25) is 4.79 Å². The minimum Gasteiger partial charge on any atom is -0.488 e. The van der Waals surface area contributed by atoms with Gasteiger partial charge in [0.25, 0.3) is 0 Å². The molecule has 3 N–H and O–H groups in total. The normalized spacial score (nSPS) is 13.3. The van der Waals surface area contributed by atoms with E-state index >= 15 is 0 Å². The number of halogens is 1. The summed E-state index contributed by atoms with van der Waals surface area (Å²) in [7, 11) is 0. The zero-order chi connectivity index (χ0) is 23.0. The lowest BCUT2D eigenvalue weighted by Gasteiger charge is -2.15. The van der Waals surface area contributed by atoms with Gasteiger partial charge in [0.15, 0.2) is 11.6 Å². The van der Waals surface area contributed by atoms with Crippen molar-refractivity contribution in [3.8, 4) is 17.4 Å². The van der Waals surface area contributed by atoms with Crippen LogP contribution in [-0.4, -0.2) is 44.3 Å². The SMILES string of the molecule is Cc1cc2c(F)c(Oc3ncnn4cc(OC[C@H](C)OC(=O)[C@H](C)N)c(C)c34)ccc2[nH]1. The monoisotopic (exact) mass is 441 g/mol. The Morgan fingerprint density at radius 3 is 2.81 bits per heavy atom. The van der Waals surface area contributed by atoms with E-state index in [0.717, 1.165) is 5.69 Å². The van der Waals surface area contributed by atoms with Gasteiger partial charge in [0.1, 0.15) is 36.3 Å². The Hall–Kier alpha value is -3.66. The third kappa shape index (κ3) is 4.09. The summed E-state index contributed by atoms with van der Waals surface area (Å²) in [6.45, 7) is 7.06. The number of hydrogen-bond donors (Lipinski definition) is 2. The summed E-state index contributed by atoms with van der Waals surface area (Å²) >= 11 is 0. The van der Waals surface area contributed by atoms with Crippen molar-refractivity contribution >= 4 is 22.4 Å². The molecular formula is C22H24FN5O4. The summed E-state index contributed by atoms with van der Waals surface area (Å²) in [5, 5.41) is 4.63. The number of fused-ring (bicyclic) bond motifs is 2. The molecule has 4 rings (SSSR count). The quantitative estimate of drug-likeness (QED) is 0.422. The first-order valence-electron chi connectivity index (χ1n) is 10.1. The van der Waals surface area contributed by atoms with E-state index in [2.05, 4.69) is 15.1 Å². The van der Waals surface area contributed by atoms with Crippen molar-refractivity contribution in [3.63, 3.8) is 0 Å². The van der Waals surface area contributed by atoms with Crippen LogP contribution < -0.4 is 15.2 Å². The van der Waals surface area contributed by atoms with E-state index in [-0.39, 0.29) is 18.2 Å². The van der Waals surface area contributed by atoms with Crippen molar-refractivity contribution < 1.29 is 23.4 Å². The van der Waals surface area contributed by atoms with E-state index in [1.54, 1.807) is 42.8 Å². The molecule has 3 aromatic heterocycles. The Morgan fingerprint density at radius 1 is 1.28 bits per heavy atom. The molecule has 0 spiro atoms. The van der Waals surface area contributed by atoms with Gasteiger partial charge in [0.05, 0.1) is 6.20 Å². The molecule has 3 heterocycles. The van der Waals surface area contributed by atoms with E-state index in [4.69, 9.17) is 19.9 Å². The highest BCUT2D eigenvalue weighted by Crippen LogP contribution is 2.34. The van der Waals surface area contributed by atoms with E-state index in [1.165, 1.54) is 6.33 Å². The van der Waals surface area contributed by atoms with E-state index in [0.29, 0.717) is 27.7 Å². The molecule has 0 unspecified atom stereocenters. The number of hydrogen-bond acceptors (Lipinski definition) is 7. The Balaban J connectivity index is 1.58. The number of esters is 1. The number of aromatic nitrogens is 4. The number of ether oxygens (including phenoxy) is 3. The van der Waals surface area contributed by atoms with Crippen molar-refractivity contribution in [1.82, 2.24) is 19.6 Å². The Labute approximate surface area is 183 Å². The number of benzene rings is 1. The molecule has 0 aliphatic rings. The van der Waals surface area contributed by atoms with Gasteiger partial charge >= 0.3 is 5.97 Å². The standard InChI is InChI=1S/C22H24FN5O4/c1-11-7-15-16(27-11)5-6-17(19(15)23)32-21-20-13(3)18(8-28(20)26-10-25-21)30-9-12(2)31-22(29)14(4)24/h5-8,10,12,14,27H,9,24H2,1-4H3/t12-,14-/m0/s1. The molecule has 1 aromatic carbocycles. The van der Waals surface area contributed by atoms with Gasteiger partial charge in [-0.05, 0) is 45.9 Å². The number of H-pyrrole nitrogens is 1. The van der Waals surface area contributed by atoms with Gasteiger partial charge in [-0.1, -0.05) is 0 Å². The van der Waals surface area contributed by atoms with Crippen LogP contribution in [-0.2, 0) is 9.53 Å². The number of carbonyl (C=O) groups is 1. The molecule has 4 aromatic rings. The van der Waals surface area contributed by atoms with Gasteiger partial charge < -0.3 is 24.9 Å². The van der Waals surface area contributed by atoms with Crippen molar-refractivity contribution in [3.05, 3.63) is 47.8 Å². The highest BCUT2D eigenvalue weighted by Gasteiger charge is 2.19. The van der Waals surface area contributed by atoms with Gasteiger partial charge in [-0.2, -0.15) is 10.1 Å². The first kappa shape index (κ1) is 21.6. The second-order valence-corrected chi connectivity index (χ2v) is 7.72. The first-order valence-corrected chi connectivity index (χ1v) is 10.1. The number of aromatic amines is 1. The van der Waals surface area contributed by atoms with Gasteiger partial charge in [-0.25, -0.2) is 8.91 Å². The lowest BCUT2D eigenvalue weighted by Crippen LogP contribution is -2.33.